The summed E-state index contributed by atoms with van der Waals surface area (Å²) in [5.41, 5.74) is 2.91. The van der Waals surface area contributed by atoms with Crippen LogP contribution in [0.4, 0.5) is 0 Å². The first kappa shape index (κ1) is 15.9. The van der Waals surface area contributed by atoms with E-state index in [-0.39, 0.29) is 0 Å². The lowest BCUT2D eigenvalue weighted by atomic mass is 10.2. The highest BCUT2D eigenvalue weighted by Gasteiger charge is 2.10. The topological polar surface area (TPSA) is 58.7 Å². The molecule has 2 heterocycles. The molecule has 112 valence electrons. The Morgan fingerprint density at radius 3 is 2.41 bits per heavy atom. The van der Waals surface area contributed by atoms with Crippen molar-refractivity contribution < 1.29 is 4.21 Å². The summed E-state index contributed by atoms with van der Waals surface area (Å²) in [7, 11) is -1.31. The van der Waals surface area contributed by atoms with Crippen LogP contribution in [0.25, 0.3) is 11.0 Å². The van der Waals surface area contributed by atoms with Gasteiger partial charge in [-0.15, -0.1) is 0 Å². The molecular formula is C17H17N3OS. The molecule has 22 heavy (non-hydrogen) atoms. The van der Waals surface area contributed by atoms with E-state index in [1.807, 2.05) is 51.1 Å². The largest absolute Gasteiger partial charge is 0.261 e. The lowest BCUT2D eigenvalue weighted by Gasteiger charge is -2.05. The SMILES string of the molecule is CC.Cc1ccc(S(=O)n2ccc3nc(C#N)ccc32)cc1. The first-order chi connectivity index (χ1) is 10.7. The molecule has 1 aromatic carbocycles. The van der Waals surface area contributed by atoms with Crippen LogP contribution < -0.4 is 0 Å². The highest BCUT2D eigenvalue weighted by Crippen LogP contribution is 2.19. The number of benzene rings is 1. The molecule has 2 aromatic heterocycles. The number of aryl methyl sites for hydroxylation is 1. The molecule has 1 atom stereocenters. The fourth-order valence-corrected chi connectivity index (χ4v) is 3.07. The van der Waals surface area contributed by atoms with Gasteiger partial charge in [-0.1, -0.05) is 31.5 Å². The number of hydrogen-bond donors (Lipinski definition) is 0. The molecule has 0 bridgehead atoms. The van der Waals surface area contributed by atoms with Crippen LogP contribution >= 0.6 is 0 Å². The van der Waals surface area contributed by atoms with Crippen LogP contribution in [-0.4, -0.2) is 13.2 Å². The molecule has 0 aliphatic heterocycles. The standard InChI is InChI=1S/C15H11N3OS.C2H6/c1-11-2-5-13(6-3-11)20(19)18-9-8-14-15(18)7-4-12(10-16)17-14;1-2/h2-9H,1H3;1-2H3. The Morgan fingerprint density at radius 2 is 1.77 bits per heavy atom. The Hall–Kier alpha value is -2.45. The zero-order chi connectivity index (χ0) is 16.1. The van der Waals surface area contributed by atoms with Crippen LogP contribution in [0.1, 0.15) is 25.1 Å². The maximum Gasteiger partial charge on any atom is 0.157 e. The molecule has 0 radical (unpaired) electrons. The first-order valence-electron chi connectivity index (χ1n) is 7.06. The first-order valence-corrected chi connectivity index (χ1v) is 8.17. The Morgan fingerprint density at radius 1 is 1.09 bits per heavy atom. The number of aromatic nitrogens is 2. The van der Waals surface area contributed by atoms with Gasteiger partial charge >= 0.3 is 0 Å². The van der Waals surface area contributed by atoms with Crippen LogP contribution in [0.15, 0.2) is 53.6 Å². The fraction of sp³-hybridized carbons (Fsp3) is 0.176. The molecule has 3 aromatic rings. The minimum atomic E-state index is -1.31. The number of hydrogen-bond acceptors (Lipinski definition) is 3. The lowest BCUT2D eigenvalue weighted by molar-refractivity contribution is 0.678. The van der Waals surface area contributed by atoms with E-state index in [2.05, 4.69) is 4.98 Å². The van der Waals surface area contributed by atoms with Gasteiger partial charge in [0.15, 0.2) is 11.0 Å². The Kier molecular flexibility index (Phi) is 5.08. The molecule has 0 N–H and O–H groups in total. The summed E-state index contributed by atoms with van der Waals surface area (Å²) in [5, 5.41) is 8.84. The van der Waals surface area contributed by atoms with E-state index in [4.69, 9.17) is 5.26 Å². The Labute approximate surface area is 132 Å². The highest BCUT2D eigenvalue weighted by atomic mass is 32.2. The molecule has 0 aliphatic rings. The van der Waals surface area contributed by atoms with Gasteiger partial charge in [0, 0.05) is 6.20 Å². The minimum absolute atomic E-state index is 0.358. The minimum Gasteiger partial charge on any atom is -0.261 e. The fourth-order valence-electron chi connectivity index (χ4n) is 1.97. The van der Waals surface area contributed by atoms with Gasteiger partial charge < -0.3 is 0 Å². The third-order valence-corrected chi connectivity index (χ3v) is 4.37. The zero-order valence-corrected chi connectivity index (χ0v) is 13.6. The van der Waals surface area contributed by atoms with Crippen molar-refractivity contribution in [2.45, 2.75) is 25.7 Å². The second-order valence-corrected chi connectivity index (χ2v) is 5.78. The van der Waals surface area contributed by atoms with Crippen molar-refractivity contribution in [1.82, 2.24) is 8.96 Å². The van der Waals surface area contributed by atoms with Crippen LogP contribution in [0.2, 0.25) is 0 Å². The maximum absolute atomic E-state index is 12.6. The third-order valence-electron chi connectivity index (χ3n) is 3.02. The van der Waals surface area contributed by atoms with Crippen molar-refractivity contribution in [2.75, 3.05) is 0 Å². The Balaban J connectivity index is 0.000000847. The van der Waals surface area contributed by atoms with Gasteiger partial charge in [0.05, 0.1) is 15.9 Å². The van der Waals surface area contributed by atoms with Crippen LogP contribution in [0, 0.1) is 18.3 Å². The van der Waals surface area contributed by atoms with Crippen molar-refractivity contribution in [1.29, 1.82) is 5.26 Å². The van der Waals surface area contributed by atoms with Crippen molar-refractivity contribution in [2.24, 2.45) is 0 Å². The molecule has 0 amide bonds. The smallest absolute Gasteiger partial charge is 0.157 e. The average Bonchev–Trinajstić information content (AvgIpc) is 2.99. The molecule has 0 saturated carbocycles. The average molecular weight is 311 g/mol. The van der Waals surface area contributed by atoms with Gasteiger partial charge in [0.2, 0.25) is 0 Å². The summed E-state index contributed by atoms with van der Waals surface area (Å²) < 4.78 is 14.2. The van der Waals surface area contributed by atoms with E-state index in [0.717, 1.165) is 16.0 Å². The second-order valence-electron chi connectivity index (χ2n) is 4.42. The molecule has 0 fully saturated rings. The molecule has 4 nitrogen and oxygen atoms in total. The summed E-state index contributed by atoms with van der Waals surface area (Å²) in [6.45, 7) is 5.99. The van der Waals surface area contributed by atoms with Crippen LogP contribution in [-0.2, 0) is 11.0 Å². The highest BCUT2D eigenvalue weighted by molar-refractivity contribution is 7.83. The van der Waals surface area contributed by atoms with Crippen LogP contribution in [0.5, 0.6) is 0 Å². The summed E-state index contributed by atoms with van der Waals surface area (Å²) in [4.78, 5) is 4.92. The van der Waals surface area contributed by atoms with E-state index in [0.29, 0.717) is 11.2 Å². The number of pyridine rings is 1. The monoisotopic (exact) mass is 311 g/mol. The van der Waals surface area contributed by atoms with Gasteiger partial charge in [-0.2, -0.15) is 5.26 Å². The summed E-state index contributed by atoms with van der Waals surface area (Å²) in [5.74, 6) is 0. The van der Waals surface area contributed by atoms with Gasteiger partial charge in [0.25, 0.3) is 0 Å². The van der Waals surface area contributed by atoms with Gasteiger partial charge in [-0.05, 0) is 37.3 Å². The zero-order valence-electron chi connectivity index (χ0n) is 12.8. The van der Waals surface area contributed by atoms with E-state index in [1.54, 1.807) is 28.4 Å². The molecule has 0 spiro atoms. The molecular weight excluding hydrogens is 294 g/mol. The number of nitrogens with zero attached hydrogens (tertiary/aromatic N) is 3. The molecule has 1 unspecified atom stereocenters. The quantitative estimate of drug-likeness (QED) is 0.723. The van der Waals surface area contributed by atoms with Crippen molar-refractivity contribution in [3.8, 4) is 6.07 Å². The molecule has 0 saturated heterocycles. The Bertz CT molecular complexity index is 844. The lowest BCUT2D eigenvalue weighted by Crippen LogP contribution is -2.03. The van der Waals surface area contributed by atoms with Gasteiger partial charge in [-0.25, -0.2) is 9.19 Å². The number of nitriles is 1. The molecule has 5 heteroatoms. The van der Waals surface area contributed by atoms with Crippen LogP contribution in [0.3, 0.4) is 0 Å². The van der Waals surface area contributed by atoms with Crippen molar-refractivity contribution in [3.63, 3.8) is 0 Å². The summed E-state index contributed by atoms with van der Waals surface area (Å²) >= 11 is 0. The molecule has 3 rings (SSSR count). The predicted molar refractivity (Wildman–Crippen MR) is 88.8 cm³/mol. The normalized spacial score (nSPS) is 11.4. The maximum atomic E-state index is 12.6. The van der Waals surface area contributed by atoms with Crippen molar-refractivity contribution >= 4 is 22.0 Å². The number of rotatable bonds is 2. The second kappa shape index (κ2) is 7.01. The van der Waals surface area contributed by atoms with Crippen molar-refractivity contribution in [3.05, 3.63) is 59.9 Å². The predicted octanol–water partition coefficient (Wildman–Crippen LogP) is 3.81. The van der Waals surface area contributed by atoms with Gasteiger partial charge in [0.1, 0.15) is 11.8 Å². The molecule has 0 aliphatic carbocycles. The summed E-state index contributed by atoms with van der Waals surface area (Å²) in [6, 6.07) is 14.7. The van der Waals surface area contributed by atoms with E-state index in [9.17, 15) is 4.21 Å². The number of fused-ring (bicyclic) bond motifs is 1. The van der Waals surface area contributed by atoms with E-state index < -0.39 is 11.0 Å². The third kappa shape index (κ3) is 3.07. The summed E-state index contributed by atoms with van der Waals surface area (Å²) in [6.07, 6.45) is 1.73. The van der Waals surface area contributed by atoms with E-state index >= 15 is 0 Å². The van der Waals surface area contributed by atoms with E-state index in [1.165, 1.54) is 0 Å². The van der Waals surface area contributed by atoms with Gasteiger partial charge in [-0.3, -0.25) is 3.97 Å².